The van der Waals surface area contributed by atoms with Crippen LogP contribution < -0.4 is 10.6 Å². The number of carboxylic acid groups (broad SMARTS) is 1. The quantitative estimate of drug-likeness (QED) is 0.595. The zero-order valence-corrected chi connectivity index (χ0v) is 16.0. The fraction of sp³-hybridized carbons (Fsp3) is 0.550. The van der Waals surface area contributed by atoms with Gasteiger partial charge in [-0.25, -0.2) is 4.79 Å². The summed E-state index contributed by atoms with van der Waals surface area (Å²) in [6.07, 6.45) is 0.970. The first-order valence-corrected chi connectivity index (χ1v) is 9.05. The highest BCUT2D eigenvalue weighted by molar-refractivity contribution is 5.90. The normalized spacial score (nSPS) is 13.3. The molecule has 0 aromatic heterocycles. The van der Waals surface area contributed by atoms with Crippen LogP contribution in [0.15, 0.2) is 30.3 Å². The summed E-state index contributed by atoms with van der Waals surface area (Å²) in [5.41, 5.74) is 0.824. The molecule has 0 aliphatic rings. The highest BCUT2D eigenvalue weighted by atomic mass is 16.4. The van der Waals surface area contributed by atoms with Crippen LogP contribution in [0.3, 0.4) is 0 Å². The molecule has 0 saturated heterocycles. The molecule has 6 nitrogen and oxygen atoms in total. The third-order valence-corrected chi connectivity index (χ3v) is 3.85. The third kappa shape index (κ3) is 8.14. The first-order chi connectivity index (χ1) is 12.2. The van der Waals surface area contributed by atoms with E-state index in [9.17, 15) is 19.5 Å². The number of rotatable bonds is 10. The van der Waals surface area contributed by atoms with Gasteiger partial charge in [0.25, 0.3) is 0 Å². The summed E-state index contributed by atoms with van der Waals surface area (Å²) < 4.78 is 0. The van der Waals surface area contributed by atoms with Crippen LogP contribution in [0.25, 0.3) is 0 Å². The van der Waals surface area contributed by atoms with Gasteiger partial charge in [-0.2, -0.15) is 0 Å². The molecular weight excluding hydrogens is 332 g/mol. The van der Waals surface area contributed by atoms with Crippen molar-refractivity contribution in [3.8, 4) is 0 Å². The summed E-state index contributed by atoms with van der Waals surface area (Å²) in [5, 5.41) is 14.8. The fourth-order valence-corrected chi connectivity index (χ4v) is 2.65. The number of carbonyl (C=O) groups is 3. The third-order valence-electron chi connectivity index (χ3n) is 3.85. The second kappa shape index (κ2) is 10.6. The molecule has 144 valence electrons. The molecule has 2 amide bonds. The Balaban J connectivity index is 2.80. The Hall–Kier alpha value is -2.37. The van der Waals surface area contributed by atoms with E-state index in [1.807, 2.05) is 58.0 Å². The molecule has 0 aliphatic carbocycles. The lowest BCUT2D eigenvalue weighted by molar-refractivity contribution is -0.142. The van der Waals surface area contributed by atoms with Gasteiger partial charge in [0.2, 0.25) is 11.8 Å². The van der Waals surface area contributed by atoms with Crippen molar-refractivity contribution in [1.29, 1.82) is 0 Å². The van der Waals surface area contributed by atoms with Gasteiger partial charge in [0.1, 0.15) is 12.1 Å². The Kier molecular flexibility index (Phi) is 8.82. The van der Waals surface area contributed by atoms with E-state index in [1.54, 1.807) is 0 Å². The molecule has 1 rings (SSSR count). The SMILES string of the molecule is CC(C)CC(=O)N[C@@H](CC(C)C)C(=O)NC(Cc1ccccc1)C(=O)O. The molecule has 0 heterocycles. The smallest absolute Gasteiger partial charge is 0.326 e. The van der Waals surface area contributed by atoms with Crippen molar-refractivity contribution in [2.45, 2.75) is 59.0 Å². The lowest BCUT2D eigenvalue weighted by Gasteiger charge is -2.23. The zero-order valence-electron chi connectivity index (χ0n) is 16.0. The average molecular weight is 362 g/mol. The van der Waals surface area contributed by atoms with E-state index in [0.29, 0.717) is 12.8 Å². The summed E-state index contributed by atoms with van der Waals surface area (Å²) in [4.78, 5) is 36.2. The first-order valence-electron chi connectivity index (χ1n) is 9.05. The van der Waals surface area contributed by atoms with Gasteiger partial charge in [-0.1, -0.05) is 58.0 Å². The Labute approximate surface area is 155 Å². The van der Waals surface area contributed by atoms with Gasteiger partial charge in [-0.15, -0.1) is 0 Å². The maximum absolute atomic E-state index is 12.6. The summed E-state index contributed by atoms with van der Waals surface area (Å²) in [5.74, 6) is -1.39. The molecule has 1 aromatic rings. The van der Waals surface area contributed by atoms with Crippen LogP contribution in [0.1, 0.15) is 46.1 Å². The molecule has 2 atom stereocenters. The minimum Gasteiger partial charge on any atom is -0.480 e. The van der Waals surface area contributed by atoms with E-state index in [4.69, 9.17) is 0 Å². The van der Waals surface area contributed by atoms with Gasteiger partial charge in [-0.3, -0.25) is 9.59 Å². The predicted octanol–water partition coefficient (Wildman–Crippen LogP) is 2.38. The van der Waals surface area contributed by atoms with Crippen LogP contribution in [0.4, 0.5) is 0 Å². The summed E-state index contributed by atoms with van der Waals surface area (Å²) in [6, 6.07) is 7.35. The topological polar surface area (TPSA) is 95.5 Å². The first kappa shape index (κ1) is 21.7. The van der Waals surface area contributed by atoms with Crippen molar-refractivity contribution in [2.24, 2.45) is 11.8 Å². The van der Waals surface area contributed by atoms with E-state index in [2.05, 4.69) is 10.6 Å². The molecule has 1 aromatic carbocycles. The fourth-order valence-electron chi connectivity index (χ4n) is 2.65. The molecule has 0 radical (unpaired) electrons. The Morgan fingerprint density at radius 3 is 2.04 bits per heavy atom. The molecule has 0 bridgehead atoms. The Morgan fingerprint density at radius 1 is 0.923 bits per heavy atom. The van der Waals surface area contributed by atoms with E-state index in [-0.39, 0.29) is 24.2 Å². The number of hydrogen-bond donors (Lipinski definition) is 3. The van der Waals surface area contributed by atoms with Crippen LogP contribution in [-0.4, -0.2) is 35.0 Å². The van der Waals surface area contributed by atoms with Gasteiger partial charge in [0.05, 0.1) is 0 Å². The summed E-state index contributed by atoms with van der Waals surface area (Å²) in [6.45, 7) is 7.76. The van der Waals surface area contributed by atoms with Gasteiger partial charge in [-0.05, 0) is 23.8 Å². The highest BCUT2D eigenvalue weighted by Crippen LogP contribution is 2.09. The minimum absolute atomic E-state index is 0.183. The second-order valence-corrected chi connectivity index (χ2v) is 7.44. The lowest BCUT2D eigenvalue weighted by Crippen LogP contribution is -2.52. The van der Waals surface area contributed by atoms with Crippen molar-refractivity contribution in [3.63, 3.8) is 0 Å². The zero-order chi connectivity index (χ0) is 19.7. The second-order valence-electron chi connectivity index (χ2n) is 7.44. The van der Waals surface area contributed by atoms with Crippen LogP contribution >= 0.6 is 0 Å². The van der Waals surface area contributed by atoms with E-state index >= 15 is 0 Å². The van der Waals surface area contributed by atoms with E-state index < -0.39 is 24.0 Å². The molecule has 1 unspecified atom stereocenters. The summed E-state index contributed by atoms with van der Waals surface area (Å²) >= 11 is 0. The predicted molar refractivity (Wildman–Crippen MR) is 101 cm³/mol. The number of amides is 2. The molecule has 0 fully saturated rings. The average Bonchev–Trinajstić information content (AvgIpc) is 2.53. The van der Waals surface area contributed by atoms with Crippen molar-refractivity contribution in [1.82, 2.24) is 10.6 Å². The van der Waals surface area contributed by atoms with Crippen LogP contribution in [0.2, 0.25) is 0 Å². The van der Waals surface area contributed by atoms with Crippen LogP contribution in [0.5, 0.6) is 0 Å². The van der Waals surface area contributed by atoms with Gasteiger partial charge < -0.3 is 15.7 Å². The molecule has 0 aliphatic heterocycles. The number of carbonyl (C=O) groups excluding carboxylic acids is 2. The van der Waals surface area contributed by atoms with Crippen LogP contribution in [0, 0.1) is 11.8 Å². The molecule has 26 heavy (non-hydrogen) atoms. The van der Waals surface area contributed by atoms with Crippen LogP contribution in [-0.2, 0) is 20.8 Å². The van der Waals surface area contributed by atoms with Crippen molar-refractivity contribution in [2.75, 3.05) is 0 Å². The Morgan fingerprint density at radius 2 is 1.54 bits per heavy atom. The number of nitrogens with one attached hydrogen (secondary N) is 2. The lowest BCUT2D eigenvalue weighted by atomic mass is 10.0. The number of carboxylic acids is 1. The molecule has 0 spiro atoms. The highest BCUT2D eigenvalue weighted by Gasteiger charge is 2.27. The van der Waals surface area contributed by atoms with Gasteiger partial charge in [0.15, 0.2) is 0 Å². The Bertz CT molecular complexity index is 599. The maximum atomic E-state index is 12.6. The molecule has 6 heteroatoms. The number of benzene rings is 1. The van der Waals surface area contributed by atoms with E-state index in [1.165, 1.54) is 0 Å². The maximum Gasteiger partial charge on any atom is 0.326 e. The number of hydrogen-bond acceptors (Lipinski definition) is 3. The monoisotopic (exact) mass is 362 g/mol. The standard InChI is InChI=1S/C20H30N2O4/c1-13(2)10-16(21-18(23)11-14(3)4)19(24)22-17(20(25)26)12-15-8-6-5-7-9-15/h5-9,13-14,16-17H,10-12H2,1-4H3,(H,21,23)(H,22,24)(H,25,26)/t16-,17?/m0/s1. The minimum atomic E-state index is -1.10. The van der Waals surface area contributed by atoms with Gasteiger partial charge in [0, 0.05) is 12.8 Å². The molecule has 0 saturated carbocycles. The van der Waals surface area contributed by atoms with Crippen molar-refractivity contribution < 1.29 is 19.5 Å². The number of aliphatic carboxylic acids is 1. The molecular formula is C20H30N2O4. The largest absolute Gasteiger partial charge is 0.480 e. The van der Waals surface area contributed by atoms with Gasteiger partial charge >= 0.3 is 5.97 Å². The van der Waals surface area contributed by atoms with Crippen molar-refractivity contribution in [3.05, 3.63) is 35.9 Å². The van der Waals surface area contributed by atoms with E-state index in [0.717, 1.165) is 5.56 Å². The summed E-state index contributed by atoms with van der Waals surface area (Å²) in [7, 11) is 0. The van der Waals surface area contributed by atoms with Crippen molar-refractivity contribution >= 4 is 17.8 Å². The molecule has 3 N–H and O–H groups in total.